The molecule has 7 heteroatoms. The molecule has 1 saturated heterocycles. The van der Waals surface area contributed by atoms with Crippen molar-refractivity contribution in [1.29, 1.82) is 0 Å². The van der Waals surface area contributed by atoms with Crippen LogP contribution in [-0.2, 0) is 17.9 Å². The highest BCUT2D eigenvalue weighted by molar-refractivity contribution is 14.1. The second-order valence-electron chi connectivity index (χ2n) is 6.88. The first kappa shape index (κ1) is 22.1. The number of hydrogen-bond donors (Lipinski definition) is 0. The summed E-state index contributed by atoms with van der Waals surface area (Å²) in [6.07, 6.45) is 1.75. The Morgan fingerprint density at radius 2 is 1.55 bits per heavy atom. The summed E-state index contributed by atoms with van der Waals surface area (Å²) in [5.74, 6) is 0.482. The number of imide groups is 1. The first-order valence-electron chi connectivity index (χ1n) is 9.45. The number of hydrogen-bond acceptors (Lipinski definition) is 4. The van der Waals surface area contributed by atoms with Crippen molar-refractivity contribution >= 4 is 67.5 Å². The molecule has 0 atom stereocenters. The Labute approximate surface area is 206 Å². The van der Waals surface area contributed by atoms with Gasteiger partial charge in [0.1, 0.15) is 12.4 Å². The smallest absolute Gasteiger partial charge is 0.293 e. The Morgan fingerprint density at radius 1 is 0.903 bits per heavy atom. The van der Waals surface area contributed by atoms with Crippen molar-refractivity contribution in [2.75, 3.05) is 0 Å². The molecule has 156 valence electrons. The Kier molecular flexibility index (Phi) is 7.14. The maximum Gasteiger partial charge on any atom is 0.293 e. The molecule has 0 unspecified atom stereocenters. The second kappa shape index (κ2) is 10.0. The molecule has 1 fully saturated rings. The molecule has 0 aliphatic carbocycles. The van der Waals surface area contributed by atoms with Crippen molar-refractivity contribution in [3.63, 3.8) is 0 Å². The molecule has 0 saturated carbocycles. The highest BCUT2D eigenvalue weighted by atomic mass is 127. The fourth-order valence-electron chi connectivity index (χ4n) is 2.97. The van der Waals surface area contributed by atoms with E-state index in [1.54, 1.807) is 6.08 Å². The minimum Gasteiger partial charge on any atom is -0.489 e. The Balaban J connectivity index is 1.39. The van der Waals surface area contributed by atoms with Gasteiger partial charge in [0.15, 0.2) is 0 Å². The largest absolute Gasteiger partial charge is 0.489 e. The Morgan fingerprint density at radius 3 is 2.23 bits per heavy atom. The summed E-state index contributed by atoms with van der Waals surface area (Å²) in [7, 11) is 0. The van der Waals surface area contributed by atoms with E-state index in [0.717, 1.165) is 42.2 Å². The molecular formula is C24H17BrINO3S. The second-order valence-corrected chi connectivity index (χ2v) is 10.0. The standard InChI is InChI=1S/C24H17BrINO3S/c25-19-7-1-18(2-8-19)15-30-21-11-5-16(6-12-21)13-22-23(28)27(24(29)31-22)14-17-3-9-20(26)10-4-17/h1-13H,14-15H2/b22-13-. The normalized spacial score (nSPS) is 15.0. The fraction of sp³-hybridized carbons (Fsp3) is 0.0833. The van der Waals surface area contributed by atoms with Crippen LogP contribution in [0.5, 0.6) is 5.75 Å². The Hall–Kier alpha value is -2.10. The van der Waals surface area contributed by atoms with Crippen molar-refractivity contribution in [3.05, 3.63) is 102 Å². The molecule has 1 aliphatic heterocycles. The van der Waals surface area contributed by atoms with E-state index in [2.05, 4.69) is 38.5 Å². The number of thioether (sulfide) groups is 1. The summed E-state index contributed by atoms with van der Waals surface area (Å²) in [6.45, 7) is 0.756. The lowest BCUT2D eigenvalue weighted by atomic mass is 10.2. The zero-order valence-corrected chi connectivity index (χ0v) is 20.8. The van der Waals surface area contributed by atoms with E-state index in [1.165, 1.54) is 4.90 Å². The van der Waals surface area contributed by atoms with Crippen LogP contribution < -0.4 is 4.74 Å². The van der Waals surface area contributed by atoms with Gasteiger partial charge in [-0.3, -0.25) is 14.5 Å². The van der Waals surface area contributed by atoms with Crippen LogP contribution in [0, 0.1) is 3.57 Å². The number of carbonyl (C=O) groups excluding carboxylic acids is 2. The first-order valence-corrected chi connectivity index (χ1v) is 12.1. The number of ether oxygens (including phenoxy) is 1. The van der Waals surface area contributed by atoms with Crippen LogP contribution >= 0.6 is 50.3 Å². The van der Waals surface area contributed by atoms with Crippen LogP contribution in [0.25, 0.3) is 6.08 Å². The number of halogens is 2. The third kappa shape index (κ3) is 5.78. The average molecular weight is 606 g/mol. The van der Waals surface area contributed by atoms with Crippen LogP contribution in [0.4, 0.5) is 4.79 Å². The Bertz CT molecular complexity index is 1130. The predicted molar refractivity (Wildman–Crippen MR) is 136 cm³/mol. The van der Waals surface area contributed by atoms with E-state index in [0.29, 0.717) is 11.5 Å². The maximum absolute atomic E-state index is 12.7. The predicted octanol–water partition coefficient (Wildman–Crippen LogP) is 6.87. The van der Waals surface area contributed by atoms with Crippen LogP contribution in [0.15, 0.2) is 82.2 Å². The number of amides is 2. The molecule has 3 aromatic carbocycles. The maximum atomic E-state index is 12.7. The minimum absolute atomic E-state index is 0.246. The SMILES string of the molecule is O=C1S/C(=C\c2ccc(OCc3ccc(Br)cc3)cc2)C(=O)N1Cc1ccc(I)cc1. The molecule has 31 heavy (non-hydrogen) atoms. The van der Waals surface area contributed by atoms with Gasteiger partial charge >= 0.3 is 0 Å². The molecular weight excluding hydrogens is 589 g/mol. The first-order chi connectivity index (χ1) is 15.0. The topological polar surface area (TPSA) is 46.6 Å². The van der Waals surface area contributed by atoms with Crippen molar-refractivity contribution in [1.82, 2.24) is 4.90 Å². The van der Waals surface area contributed by atoms with E-state index in [9.17, 15) is 9.59 Å². The van der Waals surface area contributed by atoms with Crippen molar-refractivity contribution in [3.8, 4) is 5.75 Å². The van der Waals surface area contributed by atoms with Gasteiger partial charge in [-0.1, -0.05) is 52.3 Å². The van der Waals surface area contributed by atoms with E-state index >= 15 is 0 Å². The molecule has 1 heterocycles. The van der Waals surface area contributed by atoms with Crippen LogP contribution in [0.3, 0.4) is 0 Å². The van der Waals surface area contributed by atoms with E-state index in [4.69, 9.17) is 4.74 Å². The average Bonchev–Trinajstić information content (AvgIpc) is 3.03. The van der Waals surface area contributed by atoms with Gasteiger partial charge in [0.2, 0.25) is 0 Å². The van der Waals surface area contributed by atoms with Gasteiger partial charge in [0.25, 0.3) is 11.1 Å². The van der Waals surface area contributed by atoms with E-state index < -0.39 is 0 Å². The third-order valence-corrected chi connectivity index (χ3v) is 6.78. The summed E-state index contributed by atoms with van der Waals surface area (Å²) in [6, 6.07) is 23.2. The summed E-state index contributed by atoms with van der Waals surface area (Å²) in [4.78, 5) is 26.8. The highest BCUT2D eigenvalue weighted by Gasteiger charge is 2.34. The lowest BCUT2D eigenvalue weighted by Crippen LogP contribution is -2.27. The molecule has 0 radical (unpaired) electrons. The zero-order chi connectivity index (χ0) is 21.8. The number of rotatable bonds is 6. The van der Waals surface area contributed by atoms with Gasteiger partial charge in [-0.2, -0.15) is 0 Å². The quantitative estimate of drug-likeness (QED) is 0.227. The van der Waals surface area contributed by atoms with Crippen molar-refractivity contribution in [2.45, 2.75) is 13.2 Å². The lowest BCUT2D eigenvalue weighted by molar-refractivity contribution is -0.123. The van der Waals surface area contributed by atoms with Gasteiger partial charge < -0.3 is 4.74 Å². The van der Waals surface area contributed by atoms with Gasteiger partial charge in [-0.25, -0.2) is 0 Å². The molecule has 0 N–H and O–H groups in total. The third-order valence-electron chi connectivity index (χ3n) is 4.62. The summed E-state index contributed by atoms with van der Waals surface area (Å²) < 4.78 is 7.96. The monoisotopic (exact) mass is 605 g/mol. The highest BCUT2D eigenvalue weighted by Crippen LogP contribution is 2.33. The van der Waals surface area contributed by atoms with Crippen LogP contribution in [0.2, 0.25) is 0 Å². The lowest BCUT2D eigenvalue weighted by Gasteiger charge is -2.12. The molecule has 0 aromatic heterocycles. The van der Waals surface area contributed by atoms with Gasteiger partial charge in [0, 0.05) is 8.04 Å². The van der Waals surface area contributed by atoms with Crippen LogP contribution in [-0.4, -0.2) is 16.0 Å². The van der Waals surface area contributed by atoms with Gasteiger partial charge in [0.05, 0.1) is 11.4 Å². The zero-order valence-electron chi connectivity index (χ0n) is 16.3. The molecule has 0 bridgehead atoms. The molecule has 3 aromatic rings. The van der Waals surface area contributed by atoms with Gasteiger partial charge in [-0.15, -0.1) is 0 Å². The molecule has 4 nitrogen and oxygen atoms in total. The van der Waals surface area contributed by atoms with Crippen molar-refractivity contribution in [2.24, 2.45) is 0 Å². The van der Waals surface area contributed by atoms with Crippen LogP contribution in [0.1, 0.15) is 16.7 Å². The minimum atomic E-state index is -0.260. The molecule has 1 aliphatic rings. The molecule has 0 spiro atoms. The van der Waals surface area contributed by atoms with E-state index in [1.807, 2.05) is 72.8 Å². The summed E-state index contributed by atoms with van der Waals surface area (Å²) >= 11 is 6.62. The van der Waals surface area contributed by atoms with Gasteiger partial charge in [-0.05, 0) is 93.5 Å². The number of benzene rings is 3. The summed E-state index contributed by atoms with van der Waals surface area (Å²) in [5, 5.41) is -0.246. The fourth-order valence-corrected chi connectivity index (χ4v) is 4.43. The molecule has 4 rings (SSSR count). The number of carbonyl (C=O) groups is 2. The summed E-state index contributed by atoms with van der Waals surface area (Å²) in [5.41, 5.74) is 2.85. The molecule has 2 amide bonds. The number of nitrogens with zero attached hydrogens (tertiary/aromatic N) is 1. The van der Waals surface area contributed by atoms with E-state index in [-0.39, 0.29) is 17.7 Å². The van der Waals surface area contributed by atoms with Crippen molar-refractivity contribution < 1.29 is 14.3 Å².